The first-order valence-corrected chi connectivity index (χ1v) is 9.29. The summed E-state index contributed by atoms with van der Waals surface area (Å²) in [5, 5.41) is 3.52. The molecule has 1 N–H and O–H groups in total. The molecule has 0 bridgehead atoms. The number of benzene rings is 2. The first-order chi connectivity index (χ1) is 13.1. The van der Waals surface area contributed by atoms with Crippen LogP contribution < -0.4 is 19.5 Å². The van der Waals surface area contributed by atoms with Crippen LogP contribution in [-0.4, -0.2) is 37.2 Å². The highest BCUT2D eigenvalue weighted by Gasteiger charge is 2.36. The number of fused-ring (bicyclic) bond motifs is 2. The first kappa shape index (κ1) is 17.5. The van der Waals surface area contributed by atoms with Gasteiger partial charge in [0.1, 0.15) is 19.4 Å². The molecule has 0 saturated carbocycles. The summed E-state index contributed by atoms with van der Waals surface area (Å²) < 4.78 is 17.0. The van der Waals surface area contributed by atoms with Crippen molar-refractivity contribution in [2.45, 2.75) is 32.5 Å². The van der Waals surface area contributed by atoms with E-state index in [0.717, 1.165) is 17.7 Å². The van der Waals surface area contributed by atoms with E-state index in [4.69, 9.17) is 14.2 Å². The molecule has 1 amide bonds. The summed E-state index contributed by atoms with van der Waals surface area (Å²) in [6.07, 6.45) is 0.542. The van der Waals surface area contributed by atoms with Crippen LogP contribution in [0.4, 0.5) is 5.69 Å². The van der Waals surface area contributed by atoms with E-state index in [1.165, 1.54) is 0 Å². The summed E-state index contributed by atoms with van der Waals surface area (Å²) in [4.78, 5) is 15.1. The fraction of sp³-hybridized carbons (Fsp3) is 0.381. The zero-order valence-corrected chi connectivity index (χ0v) is 15.8. The number of amides is 1. The van der Waals surface area contributed by atoms with Crippen molar-refractivity contribution in [3.05, 3.63) is 47.5 Å². The van der Waals surface area contributed by atoms with Gasteiger partial charge < -0.3 is 24.4 Å². The number of carbonyl (C=O) groups is 1. The fourth-order valence-corrected chi connectivity index (χ4v) is 3.62. The molecule has 0 radical (unpaired) electrons. The number of hydrogen-bond acceptors (Lipinski definition) is 5. The van der Waals surface area contributed by atoms with Crippen LogP contribution in [0, 0.1) is 0 Å². The van der Waals surface area contributed by atoms with Gasteiger partial charge >= 0.3 is 0 Å². The van der Waals surface area contributed by atoms with Crippen LogP contribution in [0.15, 0.2) is 36.4 Å². The maximum atomic E-state index is 13.2. The van der Waals surface area contributed by atoms with Crippen LogP contribution in [0.1, 0.15) is 42.4 Å². The Hall–Kier alpha value is -2.89. The number of carbonyl (C=O) groups excluding carboxylic acids is 1. The van der Waals surface area contributed by atoms with Crippen molar-refractivity contribution in [3.8, 4) is 17.2 Å². The summed E-state index contributed by atoms with van der Waals surface area (Å²) >= 11 is 0. The van der Waals surface area contributed by atoms with Crippen molar-refractivity contribution in [1.29, 1.82) is 0 Å². The Balaban J connectivity index is 1.82. The molecule has 0 spiro atoms. The highest BCUT2D eigenvalue weighted by atomic mass is 16.6. The van der Waals surface area contributed by atoms with E-state index >= 15 is 0 Å². The standard InChI is InChI=1S/C21H24N2O4/c1-4-13(2)23-20(22-16-8-6-5-7-15(16)21(23)24)14-11-17(25-3)19-18(12-14)26-9-10-27-19/h5-8,11-13,20,22H,4,9-10H2,1-3H3/t13-,20+/m0/s1. The number of methoxy groups -OCH3 is 1. The third-order valence-electron chi connectivity index (χ3n) is 5.19. The van der Waals surface area contributed by atoms with Gasteiger partial charge in [-0.3, -0.25) is 4.79 Å². The summed E-state index contributed by atoms with van der Waals surface area (Å²) in [7, 11) is 1.61. The fourth-order valence-electron chi connectivity index (χ4n) is 3.62. The van der Waals surface area contributed by atoms with Gasteiger partial charge in [-0.15, -0.1) is 0 Å². The monoisotopic (exact) mass is 368 g/mol. The first-order valence-electron chi connectivity index (χ1n) is 9.29. The Bertz CT molecular complexity index is 850. The van der Waals surface area contributed by atoms with Gasteiger partial charge in [0.25, 0.3) is 5.91 Å². The highest BCUT2D eigenvalue weighted by molar-refractivity contribution is 6.01. The summed E-state index contributed by atoms with van der Waals surface area (Å²) in [5.41, 5.74) is 2.43. The summed E-state index contributed by atoms with van der Waals surface area (Å²) in [6, 6.07) is 11.5. The molecule has 6 nitrogen and oxygen atoms in total. The molecule has 0 aliphatic carbocycles. The second-order valence-electron chi connectivity index (χ2n) is 6.81. The second-order valence-corrected chi connectivity index (χ2v) is 6.81. The summed E-state index contributed by atoms with van der Waals surface area (Å²) in [6.45, 7) is 5.14. The minimum atomic E-state index is -0.313. The predicted octanol–water partition coefficient (Wildman–Crippen LogP) is 3.83. The van der Waals surface area contributed by atoms with Gasteiger partial charge in [0, 0.05) is 17.3 Å². The van der Waals surface area contributed by atoms with Gasteiger partial charge in [-0.1, -0.05) is 19.1 Å². The zero-order chi connectivity index (χ0) is 19.0. The van der Waals surface area contributed by atoms with Crippen LogP contribution >= 0.6 is 0 Å². The van der Waals surface area contributed by atoms with Crippen molar-refractivity contribution in [2.75, 3.05) is 25.6 Å². The molecule has 142 valence electrons. The van der Waals surface area contributed by atoms with E-state index in [-0.39, 0.29) is 18.1 Å². The van der Waals surface area contributed by atoms with Gasteiger partial charge in [-0.2, -0.15) is 0 Å². The van der Waals surface area contributed by atoms with Crippen molar-refractivity contribution in [1.82, 2.24) is 4.90 Å². The Labute approximate surface area is 159 Å². The Kier molecular flexibility index (Phi) is 4.56. The molecule has 0 saturated heterocycles. The Morgan fingerprint density at radius 1 is 1.26 bits per heavy atom. The zero-order valence-electron chi connectivity index (χ0n) is 15.8. The number of anilines is 1. The normalized spacial score (nSPS) is 19.1. The predicted molar refractivity (Wildman–Crippen MR) is 103 cm³/mol. The molecular weight excluding hydrogens is 344 g/mol. The largest absolute Gasteiger partial charge is 0.493 e. The van der Waals surface area contributed by atoms with Crippen molar-refractivity contribution < 1.29 is 19.0 Å². The van der Waals surface area contributed by atoms with Gasteiger partial charge in [0.15, 0.2) is 11.5 Å². The van der Waals surface area contributed by atoms with Gasteiger partial charge in [0.05, 0.1) is 12.7 Å². The van der Waals surface area contributed by atoms with Crippen molar-refractivity contribution >= 4 is 11.6 Å². The van der Waals surface area contributed by atoms with E-state index < -0.39 is 0 Å². The van der Waals surface area contributed by atoms with Crippen LogP contribution in [0.3, 0.4) is 0 Å². The molecule has 0 unspecified atom stereocenters. The van der Waals surface area contributed by atoms with E-state index in [9.17, 15) is 4.79 Å². The minimum absolute atomic E-state index is 0.0255. The third-order valence-corrected chi connectivity index (χ3v) is 5.19. The average molecular weight is 368 g/mol. The van der Waals surface area contributed by atoms with Crippen LogP contribution in [0.5, 0.6) is 17.2 Å². The number of ether oxygens (including phenoxy) is 3. The van der Waals surface area contributed by atoms with E-state index in [0.29, 0.717) is 36.0 Å². The lowest BCUT2D eigenvalue weighted by Crippen LogP contribution is -2.47. The lowest BCUT2D eigenvalue weighted by atomic mass is 10.00. The Morgan fingerprint density at radius 3 is 2.81 bits per heavy atom. The number of nitrogens with zero attached hydrogens (tertiary/aromatic N) is 1. The van der Waals surface area contributed by atoms with Gasteiger partial charge in [-0.05, 0) is 37.6 Å². The number of nitrogens with one attached hydrogen (secondary N) is 1. The topological polar surface area (TPSA) is 60.0 Å². The van der Waals surface area contributed by atoms with E-state index in [1.54, 1.807) is 7.11 Å². The molecule has 2 aliphatic heterocycles. The smallest absolute Gasteiger partial charge is 0.258 e. The molecule has 2 heterocycles. The maximum Gasteiger partial charge on any atom is 0.258 e. The molecular formula is C21H24N2O4. The van der Waals surface area contributed by atoms with Crippen molar-refractivity contribution in [3.63, 3.8) is 0 Å². The van der Waals surface area contributed by atoms with E-state index in [2.05, 4.69) is 19.2 Å². The summed E-state index contributed by atoms with van der Waals surface area (Å²) in [5.74, 6) is 1.90. The molecule has 0 aromatic heterocycles. The number of hydrogen-bond donors (Lipinski definition) is 1. The Morgan fingerprint density at radius 2 is 2.04 bits per heavy atom. The number of rotatable bonds is 4. The molecule has 2 atom stereocenters. The third kappa shape index (κ3) is 2.95. The highest BCUT2D eigenvalue weighted by Crippen LogP contribution is 2.44. The molecule has 2 aliphatic rings. The molecule has 27 heavy (non-hydrogen) atoms. The lowest BCUT2D eigenvalue weighted by molar-refractivity contribution is 0.0592. The SMILES string of the molecule is CC[C@H](C)N1C(=O)c2ccccc2N[C@H]1c1cc(OC)c2c(c1)OCCO2. The molecule has 0 fully saturated rings. The molecule has 2 aromatic carbocycles. The van der Waals surface area contributed by atoms with Gasteiger partial charge in [0.2, 0.25) is 5.75 Å². The van der Waals surface area contributed by atoms with Crippen LogP contribution in [0.25, 0.3) is 0 Å². The number of para-hydroxylation sites is 1. The lowest BCUT2D eigenvalue weighted by Gasteiger charge is -2.41. The molecule has 6 heteroatoms. The average Bonchev–Trinajstić information content (AvgIpc) is 2.72. The van der Waals surface area contributed by atoms with E-state index in [1.807, 2.05) is 41.3 Å². The molecule has 4 rings (SSSR count). The van der Waals surface area contributed by atoms with Gasteiger partial charge in [-0.25, -0.2) is 0 Å². The van der Waals surface area contributed by atoms with Crippen LogP contribution in [-0.2, 0) is 0 Å². The second kappa shape index (κ2) is 7.02. The maximum absolute atomic E-state index is 13.2. The van der Waals surface area contributed by atoms with Crippen LogP contribution in [0.2, 0.25) is 0 Å². The molecule has 2 aromatic rings. The minimum Gasteiger partial charge on any atom is -0.493 e. The quantitative estimate of drug-likeness (QED) is 0.889. The van der Waals surface area contributed by atoms with Crippen molar-refractivity contribution in [2.24, 2.45) is 0 Å².